The molecule has 2 unspecified atom stereocenters. The van der Waals surface area contributed by atoms with Crippen molar-refractivity contribution in [3.8, 4) is 0 Å². The van der Waals surface area contributed by atoms with E-state index in [1.807, 2.05) is 6.92 Å². The molecular formula is C14H26N2O2. The third-order valence-corrected chi connectivity index (χ3v) is 4.14. The predicted octanol–water partition coefficient (Wildman–Crippen LogP) is 2.28. The number of nitrogens with zero attached hydrogens (tertiary/aromatic N) is 1. The van der Waals surface area contributed by atoms with Crippen molar-refractivity contribution in [2.45, 2.75) is 45.1 Å². The molecule has 0 radical (unpaired) electrons. The minimum Gasteiger partial charge on any atom is -0.378 e. The highest BCUT2D eigenvalue weighted by atomic mass is 16.5. The van der Waals surface area contributed by atoms with Gasteiger partial charge in [0.15, 0.2) is 0 Å². The molecule has 1 aliphatic heterocycles. The number of hydrogen-bond donors (Lipinski definition) is 1. The van der Waals surface area contributed by atoms with Crippen LogP contribution < -0.4 is 0 Å². The van der Waals surface area contributed by atoms with Gasteiger partial charge in [-0.25, -0.2) is 0 Å². The van der Waals surface area contributed by atoms with Crippen molar-refractivity contribution in [2.75, 3.05) is 32.9 Å². The van der Waals surface area contributed by atoms with Gasteiger partial charge < -0.3 is 14.4 Å². The van der Waals surface area contributed by atoms with E-state index in [4.69, 9.17) is 14.9 Å². The van der Waals surface area contributed by atoms with Crippen LogP contribution in [0.1, 0.15) is 39.5 Å². The van der Waals surface area contributed by atoms with E-state index in [0.29, 0.717) is 18.4 Å². The second kappa shape index (κ2) is 6.02. The van der Waals surface area contributed by atoms with Gasteiger partial charge >= 0.3 is 0 Å². The lowest BCUT2D eigenvalue weighted by Crippen LogP contribution is -2.55. The summed E-state index contributed by atoms with van der Waals surface area (Å²) in [5.74, 6) is 1.35. The third kappa shape index (κ3) is 2.86. The van der Waals surface area contributed by atoms with Gasteiger partial charge in [0, 0.05) is 19.7 Å². The lowest BCUT2D eigenvalue weighted by Gasteiger charge is -2.44. The van der Waals surface area contributed by atoms with Gasteiger partial charge in [0.2, 0.25) is 0 Å². The molecule has 4 nitrogen and oxygen atoms in total. The van der Waals surface area contributed by atoms with Gasteiger partial charge in [-0.05, 0) is 32.1 Å². The minimum absolute atomic E-state index is 0.330. The first-order chi connectivity index (χ1) is 8.68. The lowest BCUT2D eigenvalue weighted by molar-refractivity contribution is -0.0378. The maximum absolute atomic E-state index is 8.56. The second-order valence-corrected chi connectivity index (χ2v) is 5.58. The van der Waals surface area contributed by atoms with Gasteiger partial charge in [0.25, 0.3) is 0 Å². The fourth-order valence-electron chi connectivity index (χ4n) is 3.27. The zero-order valence-electron chi connectivity index (χ0n) is 11.7. The zero-order valence-corrected chi connectivity index (χ0v) is 11.7. The van der Waals surface area contributed by atoms with Crippen LogP contribution in [-0.4, -0.2) is 49.2 Å². The van der Waals surface area contributed by atoms with Crippen LogP contribution in [0.2, 0.25) is 0 Å². The molecule has 1 N–H and O–H groups in total. The molecule has 2 fully saturated rings. The normalized spacial score (nSPS) is 33.4. The van der Waals surface area contributed by atoms with Crippen LogP contribution in [0.3, 0.4) is 0 Å². The number of ether oxygens (including phenoxy) is 2. The fraction of sp³-hybridized carbons (Fsp3) is 0.929. The van der Waals surface area contributed by atoms with Crippen molar-refractivity contribution in [1.29, 1.82) is 5.41 Å². The first kappa shape index (κ1) is 13.8. The molecule has 0 aromatic rings. The highest BCUT2D eigenvalue weighted by Crippen LogP contribution is 2.37. The summed E-state index contributed by atoms with van der Waals surface area (Å²) >= 11 is 0. The van der Waals surface area contributed by atoms with Crippen molar-refractivity contribution in [1.82, 2.24) is 4.90 Å². The minimum atomic E-state index is -0.330. The van der Waals surface area contributed by atoms with E-state index >= 15 is 0 Å². The summed E-state index contributed by atoms with van der Waals surface area (Å²) < 4.78 is 11.4. The Morgan fingerprint density at radius 3 is 2.78 bits per heavy atom. The zero-order chi connectivity index (χ0) is 13.0. The van der Waals surface area contributed by atoms with Crippen LogP contribution in [0, 0.1) is 11.3 Å². The molecule has 1 aliphatic carbocycles. The predicted molar refractivity (Wildman–Crippen MR) is 72.1 cm³/mol. The quantitative estimate of drug-likeness (QED) is 0.621. The van der Waals surface area contributed by atoms with Gasteiger partial charge in [-0.2, -0.15) is 0 Å². The van der Waals surface area contributed by atoms with Crippen LogP contribution in [0.4, 0.5) is 0 Å². The molecule has 1 saturated heterocycles. The molecule has 0 aromatic carbocycles. The largest absolute Gasteiger partial charge is 0.378 e. The molecule has 2 aliphatic rings. The van der Waals surface area contributed by atoms with Crippen LogP contribution in [0.5, 0.6) is 0 Å². The Morgan fingerprint density at radius 2 is 2.17 bits per heavy atom. The van der Waals surface area contributed by atoms with Crippen molar-refractivity contribution >= 4 is 5.84 Å². The standard InChI is InChI=1S/C14H26N2O2/c1-3-18-14(6-4-5-12(2)11-14)13(15)16-7-9-17-10-8-16/h12,15H,3-11H2,1-2H3. The number of morpholine rings is 1. The van der Waals surface area contributed by atoms with Gasteiger partial charge in [-0.15, -0.1) is 0 Å². The Kier molecular flexibility index (Phi) is 4.62. The fourth-order valence-corrected chi connectivity index (χ4v) is 3.27. The highest BCUT2D eigenvalue weighted by molar-refractivity contribution is 5.88. The van der Waals surface area contributed by atoms with E-state index in [0.717, 1.165) is 39.1 Å². The van der Waals surface area contributed by atoms with Gasteiger partial charge in [0.05, 0.1) is 13.2 Å². The summed E-state index contributed by atoms with van der Waals surface area (Å²) in [6, 6.07) is 0. The van der Waals surface area contributed by atoms with Crippen LogP contribution >= 0.6 is 0 Å². The number of hydrogen-bond acceptors (Lipinski definition) is 3. The molecule has 1 saturated carbocycles. The molecular weight excluding hydrogens is 228 g/mol. The van der Waals surface area contributed by atoms with E-state index in [1.165, 1.54) is 12.8 Å². The highest BCUT2D eigenvalue weighted by Gasteiger charge is 2.42. The Hall–Kier alpha value is -0.610. The maximum atomic E-state index is 8.56. The van der Waals surface area contributed by atoms with Gasteiger partial charge in [-0.1, -0.05) is 13.3 Å². The molecule has 0 bridgehead atoms. The summed E-state index contributed by atoms with van der Waals surface area (Å²) in [6.45, 7) is 8.15. The molecule has 0 spiro atoms. The number of amidine groups is 1. The molecule has 18 heavy (non-hydrogen) atoms. The molecule has 0 amide bonds. The Balaban J connectivity index is 2.09. The second-order valence-electron chi connectivity index (χ2n) is 5.58. The van der Waals surface area contributed by atoms with E-state index in [1.54, 1.807) is 0 Å². The smallest absolute Gasteiger partial charge is 0.129 e. The van der Waals surface area contributed by atoms with Crippen molar-refractivity contribution in [3.05, 3.63) is 0 Å². The molecule has 2 rings (SSSR count). The van der Waals surface area contributed by atoms with Gasteiger partial charge in [-0.3, -0.25) is 5.41 Å². The first-order valence-corrected chi connectivity index (χ1v) is 7.23. The lowest BCUT2D eigenvalue weighted by atomic mass is 9.77. The molecule has 0 aromatic heterocycles. The van der Waals surface area contributed by atoms with Gasteiger partial charge in [0.1, 0.15) is 11.4 Å². The Morgan fingerprint density at radius 1 is 1.44 bits per heavy atom. The average molecular weight is 254 g/mol. The van der Waals surface area contributed by atoms with Crippen LogP contribution in [0.25, 0.3) is 0 Å². The van der Waals surface area contributed by atoms with Crippen molar-refractivity contribution in [2.24, 2.45) is 5.92 Å². The Bertz CT molecular complexity index is 286. The number of nitrogens with one attached hydrogen (secondary N) is 1. The van der Waals surface area contributed by atoms with Crippen LogP contribution in [0.15, 0.2) is 0 Å². The average Bonchev–Trinajstić information content (AvgIpc) is 2.39. The topological polar surface area (TPSA) is 45.5 Å². The SMILES string of the molecule is CCOC1(C(=N)N2CCOCC2)CCCC(C)C1. The summed E-state index contributed by atoms with van der Waals surface area (Å²) in [7, 11) is 0. The third-order valence-electron chi connectivity index (χ3n) is 4.14. The molecule has 4 heteroatoms. The van der Waals surface area contributed by atoms with Crippen molar-refractivity contribution in [3.63, 3.8) is 0 Å². The van der Waals surface area contributed by atoms with E-state index in [2.05, 4.69) is 11.8 Å². The summed E-state index contributed by atoms with van der Waals surface area (Å²) in [5.41, 5.74) is -0.330. The summed E-state index contributed by atoms with van der Waals surface area (Å²) in [4.78, 5) is 2.15. The van der Waals surface area contributed by atoms with E-state index < -0.39 is 0 Å². The number of rotatable bonds is 3. The molecule has 1 heterocycles. The Labute approximate surface area is 110 Å². The van der Waals surface area contributed by atoms with E-state index in [9.17, 15) is 0 Å². The monoisotopic (exact) mass is 254 g/mol. The molecule has 2 atom stereocenters. The first-order valence-electron chi connectivity index (χ1n) is 7.23. The molecule has 104 valence electrons. The maximum Gasteiger partial charge on any atom is 0.129 e. The summed E-state index contributed by atoms with van der Waals surface area (Å²) in [5, 5.41) is 8.56. The summed E-state index contributed by atoms with van der Waals surface area (Å²) in [6.07, 6.45) is 4.44. The van der Waals surface area contributed by atoms with E-state index in [-0.39, 0.29) is 5.60 Å². The van der Waals surface area contributed by atoms with Crippen LogP contribution in [-0.2, 0) is 9.47 Å². The van der Waals surface area contributed by atoms with Crippen molar-refractivity contribution < 1.29 is 9.47 Å².